The molecule has 0 fully saturated rings. The van der Waals surface area contributed by atoms with E-state index in [9.17, 15) is 4.39 Å². The maximum atomic E-state index is 13.5. The first-order chi connectivity index (χ1) is 9.99. The first-order valence-electron chi connectivity index (χ1n) is 7.28. The Labute approximate surface area is 125 Å². The molecule has 0 saturated heterocycles. The van der Waals surface area contributed by atoms with Crippen molar-refractivity contribution in [3.05, 3.63) is 58.9 Å². The number of rotatable bonds is 5. The summed E-state index contributed by atoms with van der Waals surface area (Å²) in [6.45, 7) is 6.07. The molecule has 0 aliphatic carbocycles. The SMILES string of the molecule is CCC(N)Cc1cc(F)ccc1Oc1ccc(C)cc1C. The van der Waals surface area contributed by atoms with E-state index in [1.807, 2.05) is 32.9 Å². The van der Waals surface area contributed by atoms with Crippen LogP contribution < -0.4 is 10.5 Å². The number of hydrogen-bond donors (Lipinski definition) is 1. The molecule has 0 aromatic heterocycles. The number of hydrogen-bond acceptors (Lipinski definition) is 2. The predicted octanol–water partition coefficient (Wildman–Crippen LogP) is 4.51. The molecule has 3 heteroatoms. The number of nitrogens with two attached hydrogens (primary N) is 1. The Morgan fingerprint density at radius 2 is 1.81 bits per heavy atom. The van der Waals surface area contributed by atoms with Gasteiger partial charge in [0.25, 0.3) is 0 Å². The zero-order valence-electron chi connectivity index (χ0n) is 12.8. The highest BCUT2D eigenvalue weighted by atomic mass is 19.1. The highest BCUT2D eigenvalue weighted by molar-refractivity contribution is 5.42. The average molecular weight is 287 g/mol. The van der Waals surface area contributed by atoms with Crippen LogP contribution in [0.4, 0.5) is 4.39 Å². The van der Waals surface area contributed by atoms with Gasteiger partial charge in [0.1, 0.15) is 17.3 Å². The third-order valence-corrected chi connectivity index (χ3v) is 3.58. The van der Waals surface area contributed by atoms with Gasteiger partial charge in [-0.2, -0.15) is 0 Å². The molecular weight excluding hydrogens is 265 g/mol. The molecule has 0 spiro atoms. The van der Waals surface area contributed by atoms with Crippen molar-refractivity contribution >= 4 is 0 Å². The number of benzene rings is 2. The summed E-state index contributed by atoms with van der Waals surface area (Å²) in [6, 6.07) is 10.6. The minimum Gasteiger partial charge on any atom is -0.457 e. The summed E-state index contributed by atoms with van der Waals surface area (Å²) in [4.78, 5) is 0. The van der Waals surface area contributed by atoms with E-state index in [0.29, 0.717) is 12.2 Å². The molecule has 0 radical (unpaired) electrons. The van der Waals surface area contributed by atoms with Gasteiger partial charge in [0.15, 0.2) is 0 Å². The van der Waals surface area contributed by atoms with Crippen molar-refractivity contribution < 1.29 is 9.13 Å². The van der Waals surface area contributed by atoms with Crippen LogP contribution in [-0.4, -0.2) is 6.04 Å². The van der Waals surface area contributed by atoms with Gasteiger partial charge in [0, 0.05) is 6.04 Å². The van der Waals surface area contributed by atoms with E-state index in [4.69, 9.17) is 10.5 Å². The Bertz CT molecular complexity index is 625. The van der Waals surface area contributed by atoms with Crippen LogP contribution in [0.15, 0.2) is 36.4 Å². The zero-order valence-corrected chi connectivity index (χ0v) is 12.8. The van der Waals surface area contributed by atoms with Gasteiger partial charge in [0.2, 0.25) is 0 Å². The van der Waals surface area contributed by atoms with Crippen LogP contribution >= 0.6 is 0 Å². The van der Waals surface area contributed by atoms with Gasteiger partial charge in [-0.15, -0.1) is 0 Å². The Kier molecular flexibility index (Phi) is 4.97. The fourth-order valence-corrected chi connectivity index (χ4v) is 2.27. The van der Waals surface area contributed by atoms with Crippen LogP contribution in [0.5, 0.6) is 11.5 Å². The van der Waals surface area contributed by atoms with Gasteiger partial charge < -0.3 is 10.5 Å². The zero-order chi connectivity index (χ0) is 15.4. The lowest BCUT2D eigenvalue weighted by atomic mass is 10.0. The minimum absolute atomic E-state index is 0.00765. The largest absolute Gasteiger partial charge is 0.457 e. The summed E-state index contributed by atoms with van der Waals surface area (Å²) >= 11 is 0. The van der Waals surface area contributed by atoms with Crippen LogP contribution in [0.25, 0.3) is 0 Å². The van der Waals surface area contributed by atoms with E-state index < -0.39 is 0 Å². The topological polar surface area (TPSA) is 35.2 Å². The monoisotopic (exact) mass is 287 g/mol. The molecule has 1 unspecified atom stereocenters. The standard InChI is InChI=1S/C18H22FNO/c1-4-16(20)11-14-10-15(19)6-8-18(14)21-17-7-5-12(2)9-13(17)3/h5-10,16H,4,11,20H2,1-3H3. The molecule has 2 aromatic rings. The Morgan fingerprint density at radius 3 is 2.48 bits per heavy atom. The minimum atomic E-state index is -0.263. The second kappa shape index (κ2) is 6.72. The Balaban J connectivity index is 2.30. The summed E-state index contributed by atoms with van der Waals surface area (Å²) in [7, 11) is 0. The van der Waals surface area contributed by atoms with Gasteiger partial charge in [-0.25, -0.2) is 4.39 Å². The van der Waals surface area contributed by atoms with Gasteiger partial charge in [-0.1, -0.05) is 24.6 Å². The second-order valence-corrected chi connectivity index (χ2v) is 5.50. The molecule has 2 aromatic carbocycles. The lowest BCUT2D eigenvalue weighted by molar-refractivity contribution is 0.466. The predicted molar refractivity (Wildman–Crippen MR) is 84.4 cm³/mol. The summed E-state index contributed by atoms with van der Waals surface area (Å²) in [5.74, 6) is 1.20. The molecule has 0 bridgehead atoms. The van der Waals surface area contributed by atoms with Crippen LogP contribution in [0.2, 0.25) is 0 Å². The van der Waals surface area contributed by atoms with E-state index in [1.165, 1.54) is 17.7 Å². The molecule has 0 heterocycles. The lowest BCUT2D eigenvalue weighted by Crippen LogP contribution is -2.21. The maximum Gasteiger partial charge on any atom is 0.130 e. The molecule has 1 atom stereocenters. The van der Waals surface area contributed by atoms with Gasteiger partial charge in [0.05, 0.1) is 0 Å². The van der Waals surface area contributed by atoms with Crippen molar-refractivity contribution in [2.24, 2.45) is 5.73 Å². The van der Waals surface area contributed by atoms with E-state index in [0.717, 1.165) is 23.3 Å². The van der Waals surface area contributed by atoms with Crippen molar-refractivity contribution in [1.82, 2.24) is 0 Å². The number of halogens is 1. The molecule has 0 aliphatic rings. The molecule has 21 heavy (non-hydrogen) atoms. The average Bonchev–Trinajstić information content (AvgIpc) is 2.44. The summed E-state index contributed by atoms with van der Waals surface area (Å²) in [5, 5.41) is 0. The van der Waals surface area contributed by atoms with Crippen LogP contribution in [-0.2, 0) is 6.42 Å². The Hall–Kier alpha value is -1.87. The normalized spacial score (nSPS) is 12.2. The maximum absolute atomic E-state index is 13.5. The lowest BCUT2D eigenvalue weighted by Gasteiger charge is -2.15. The highest BCUT2D eigenvalue weighted by Crippen LogP contribution is 2.29. The third kappa shape index (κ3) is 4.05. The van der Waals surface area contributed by atoms with Crippen LogP contribution in [0, 0.1) is 19.7 Å². The fourth-order valence-electron chi connectivity index (χ4n) is 2.27. The van der Waals surface area contributed by atoms with Gasteiger partial charge in [-0.3, -0.25) is 0 Å². The summed E-state index contributed by atoms with van der Waals surface area (Å²) in [5.41, 5.74) is 9.05. The van der Waals surface area contributed by atoms with Crippen molar-refractivity contribution in [3.8, 4) is 11.5 Å². The van der Waals surface area contributed by atoms with Crippen molar-refractivity contribution in [3.63, 3.8) is 0 Å². The summed E-state index contributed by atoms with van der Waals surface area (Å²) in [6.07, 6.45) is 1.45. The van der Waals surface area contributed by atoms with Crippen molar-refractivity contribution in [2.75, 3.05) is 0 Å². The number of aryl methyl sites for hydroxylation is 2. The van der Waals surface area contributed by atoms with Gasteiger partial charge >= 0.3 is 0 Å². The molecule has 2 N–H and O–H groups in total. The van der Waals surface area contributed by atoms with Crippen LogP contribution in [0.1, 0.15) is 30.0 Å². The molecule has 0 amide bonds. The summed E-state index contributed by atoms with van der Waals surface area (Å²) < 4.78 is 19.4. The van der Waals surface area contributed by atoms with Crippen molar-refractivity contribution in [2.45, 2.75) is 39.7 Å². The van der Waals surface area contributed by atoms with Crippen molar-refractivity contribution in [1.29, 1.82) is 0 Å². The quantitative estimate of drug-likeness (QED) is 0.877. The van der Waals surface area contributed by atoms with E-state index in [-0.39, 0.29) is 11.9 Å². The van der Waals surface area contributed by atoms with Gasteiger partial charge in [-0.05, 0) is 62.1 Å². The van der Waals surface area contributed by atoms with E-state index in [2.05, 4.69) is 6.07 Å². The Morgan fingerprint density at radius 1 is 1.10 bits per heavy atom. The molecule has 2 nitrogen and oxygen atoms in total. The third-order valence-electron chi connectivity index (χ3n) is 3.58. The van der Waals surface area contributed by atoms with E-state index >= 15 is 0 Å². The van der Waals surface area contributed by atoms with E-state index in [1.54, 1.807) is 6.07 Å². The highest BCUT2D eigenvalue weighted by Gasteiger charge is 2.11. The first-order valence-corrected chi connectivity index (χ1v) is 7.28. The second-order valence-electron chi connectivity index (χ2n) is 5.50. The first kappa shape index (κ1) is 15.5. The van der Waals surface area contributed by atoms with Crippen LogP contribution in [0.3, 0.4) is 0 Å². The molecule has 112 valence electrons. The molecule has 0 aliphatic heterocycles. The fraction of sp³-hybridized carbons (Fsp3) is 0.333. The number of ether oxygens (including phenoxy) is 1. The smallest absolute Gasteiger partial charge is 0.130 e. The molecule has 0 saturated carbocycles. The molecular formula is C18H22FNO. The molecule has 2 rings (SSSR count).